The lowest BCUT2D eigenvalue weighted by atomic mass is 9.96. The van der Waals surface area contributed by atoms with Crippen molar-refractivity contribution in [2.24, 2.45) is 22.8 Å². The molecule has 40 heavy (non-hydrogen) atoms. The highest BCUT2D eigenvalue weighted by Crippen LogP contribution is 2.70. The highest BCUT2D eigenvalue weighted by Gasteiger charge is 2.77. The van der Waals surface area contributed by atoms with Crippen molar-refractivity contribution in [1.82, 2.24) is 24.8 Å². The van der Waals surface area contributed by atoms with Gasteiger partial charge in [-0.15, -0.1) is 11.3 Å². The molecule has 0 bridgehead atoms. The SMILES string of the molecule is CCNc1nc(C#Cc2ccc(Cl)s2)nc2c1ncn2C1C(OC(=O)CN)C(OC(=O)CN)C2(C(O)NC)CC12. The number of ether oxygens (including phenoxy) is 2. The summed E-state index contributed by atoms with van der Waals surface area (Å²) < 4.78 is 13.9. The number of aliphatic hydroxyl groups is 1. The van der Waals surface area contributed by atoms with Gasteiger partial charge in [0.05, 0.1) is 40.1 Å². The maximum atomic E-state index is 12.4. The van der Waals surface area contributed by atoms with Crippen LogP contribution >= 0.6 is 22.9 Å². The molecule has 13 nitrogen and oxygen atoms in total. The third-order valence-electron chi connectivity index (χ3n) is 7.28. The number of thiophene rings is 1. The molecule has 0 radical (unpaired) electrons. The van der Waals surface area contributed by atoms with Crippen molar-refractivity contribution in [3.63, 3.8) is 0 Å². The average molecular weight is 589 g/mol. The number of hydrogen-bond acceptors (Lipinski definition) is 13. The van der Waals surface area contributed by atoms with Crippen LogP contribution < -0.4 is 22.1 Å². The van der Waals surface area contributed by atoms with Gasteiger partial charge in [-0.05, 0) is 50.3 Å². The summed E-state index contributed by atoms with van der Waals surface area (Å²) in [6, 6.07) is 2.98. The zero-order valence-electron chi connectivity index (χ0n) is 21.8. The number of hydrogen-bond donors (Lipinski definition) is 5. The maximum Gasteiger partial charge on any atom is 0.320 e. The van der Waals surface area contributed by atoms with Crippen LogP contribution in [0, 0.1) is 23.2 Å². The number of aliphatic hydroxyl groups excluding tert-OH is 1. The maximum absolute atomic E-state index is 12.4. The van der Waals surface area contributed by atoms with Gasteiger partial charge in [0.15, 0.2) is 29.2 Å². The molecule has 0 aromatic carbocycles. The molecule has 6 unspecified atom stereocenters. The Morgan fingerprint density at radius 3 is 2.67 bits per heavy atom. The van der Waals surface area contributed by atoms with Crippen LogP contribution in [0.15, 0.2) is 18.5 Å². The average Bonchev–Trinajstić information content (AvgIpc) is 3.18. The van der Waals surface area contributed by atoms with Crippen molar-refractivity contribution < 1.29 is 24.2 Å². The zero-order valence-corrected chi connectivity index (χ0v) is 23.3. The first-order valence-corrected chi connectivity index (χ1v) is 13.9. The fourth-order valence-electron chi connectivity index (χ4n) is 5.57. The number of nitrogens with one attached hydrogen (secondary N) is 2. The minimum Gasteiger partial charge on any atom is -0.457 e. The smallest absolute Gasteiger partial charge is 0.320 e. The quantitative estimate of drug-likeness (QED) is 0.130. The van der Waals surface area contributed by atoms with Gasteiger partial charge in [0.25, 0.3) is 0 Å². The second-order valence-electron chi connectivity index (χ2n) is 9.48. The molecule has 3 aromatic rings. The van der Waals surface area contributed by atoms with Gasteiger partial charge in [-0.3, -0.25) is 14.9 Å². The van der Waals surface area contributed by atoms with Gasteiger partial charge in [-0.2, -0.15) is 0 Å². The van der Waals surface area contributed by atoms with E-state index < -0.39 is 41.8 Å². The van der Waals surface area contributed by atoms with Crippen LogP contribution in [0.2, 0.25) is 4.34 Å². The molecular weight excluding hydrogens is 560 g/mol. The van der Waals surface area contributed by atoms with E-state index >= 15 is 0 Å². The van der Waals surface area contributed by atoms with E-state index in [0.717, 1.165) is 4.88 Å². The topological polar surface area (TPSA) is 193 Å². The van der Waals surface area contributed by atoms with Crippen LogP contribution in [-0.4, -0.2) is 81.7 Å². The van der Waals surface area contributed by atoms with E-state index in [9.17, 15) is 14.7 Å². The number of carbonyl (C=O) groups excluding carboxylic acids is 2. The predicted molar refractivity (Wildman–Crippen MR) is 147 cm³/mol. The van der Waals surface area contributed by atoms with Gasteiger partial charge < -0.3 is 35.9 Å². The Kier molecular flexibility index (Phi) is 7.96. The first-order valence-electron chi connectivity index (χ1n) is 12.7. The summed E-state index contributed by atoms with van der Waals surface area (Å²) >= 11 is 7.37. The predicted octanol–water partition coefficient (Wildman–Crippen LogP) is 0.213. The number of nitrogens with two attached hydrogens (primary N) is 2. The molecule has 2 aliphatic carbocycles. The summed E-state index contributed by atoms with van der Waals surface area (Å²) in [4.78, 5) is 39.4. The summed E-state index contributed by atoms with van der Waals surface area (Å²) in [5.41, 5.74) is 11.1. The fourth-order valence-corrected chi connectivity index (χ4v) is 6.47. The Labute approximate surface area is 238 Å². The molecule has 2 saturated carbocycles. The molecule has 3 aromatic heterocycles. The number of anilines is 1. The standard InChI is InChI=1S/C25H29ClN8O5S/c1-3-30-22-18-23(33-15(32-22)7-5-12-4-6-14(26)40-12)34(11-31-18)19-13-8-25(13,24(37)29-2)21(39-17(36)10-28)20(19)38-16(35)9-27/h4,6,11,13,19-21,24,29,37H,3,8-10,27-28H2,1-2H3,(H,30,32,33). The van der Waals surface area contributed by atoms with E-state index in [2.05, 4.69) is 32.4 Å². The summed E-state index contributed by atoms with van der Waals surface area (Å²) in [7, 11) is 1.60. The molecule has 7 N–H and O–H groups in total. The lowest BCUT2D eigenvalue weighted by Crippen LogP contribution is -2.49. The van der Waals surface area contributed by atoms with Crippen LogP contribution in [0.5, 0.6) is 0 Å². The molecule has 6 atom stereocenters. The van der Waals surface area contributed by atoms with Crippen molar-refractivity contribution in [3.8, 4) is 11.8 Å². The molecule has 5 rings (SSSR count). The molecule has 0 spiro atoms. The van der Waals surface area contributed by atoms with Crippen molar-refractivity contribution in [3.05, 3.63) is 33.5 Å². The monoisotopic (exact) mass is 588 g/mol. The second kappa shape index (κ2) is 11.3. The van der Waals surface area contributed by atoms with E-state index in [0.29, 0.717) is 34.3 Å². The third-order valence-corrected chi connectivity index (χ3v) is 8.43. The van der Waals surface area contributed by atoms with Crippen molar-refractivity contribution in [1.29, 1.82) is 0 Å². The minimum absolute atomic E-state index is 0.242. The van der Waals surface area contributed by atoms with E-state index in [1.807, 2.05) is 13.0 Å². The van der Waals surface area contributed by atoms with E-state index in [1.54, 1.807) is 24.0 Å². The molecular formula is C25H29ClN8O5S. The fraction of sp³-hybridized carbons (Fsp3) is 0.480. The Balaban J connectivity index is 1.63. The number of nitrogens with zero attached hydrogens (tertiary/aromatic N) is 4. The molecule has 15 heteroatoms. The van der Waals surface area contributed by atoms with Crippen molar-refractivity contribution >= 4 is 51.9 Å². The summed E-state index contributed by atoms with van der Waals surface area (Å²) in [6.07, 6.45) is -0.988. The number of aromatic nitrogens is 4. The Morgan fingerprint density at radius 1 is 1.27 bits per heavy atom. The van der Waals surface area contributed by atoms with E-state index in [1.165, 1.54) is 11.3 Å². The molecule has 0 aliphatic heterocycles. The second-order valence-corrected chi connectivity index (χ2v) is 11.2. The number of rotatable bonds is 9. The van der Waals surface area contributed by atoms with Gasteiger partial charge >= 0.3 is 11.9 Å². The number of esters is 2. The molecule has 0 saturated heterocycles. The number of halogens is 1. The molecule has 2 aliphatic rings. The lowest BCUT2D eigenvalue weighted by Gasteiger charge is -2.32. The van der Waals surface area contributed by atoms with Gasteiger partial charge in [0, 0.05) is 6.54 Å². The molecule has 2 fully saturated rings. The number of imidazole rings is 1. The Morgan fingerprint density at radius 2 is 2.02 bits per heavy atom. The first kappa shape index (κ1) is 28.2. The van der Waals surface area contributed by atoms with Crippen LogP contribution in [0.25, 0.3) is 11.2 Å². The van der Waals surface area contributed by atoms with Gasteiger partial charge in [0.1, 0.15) is 6.23 Å². The summed E-state index contributed by atoms with van der Waals surface area (Å²) in [5.74, 6) is 5.10. The van der Waals surface area contributed by atoms with Gasteiger partial charge in [-0.25, -0.2) is 15.0 Å². The van der Waals surface area contributed by atoms with Crippen molar-refractivity contribution in [2.75, 3.05) is 32.0 Å². The number of fused-ring (bicyclic) bond motifs is 2. The zero-order chi connectivity index (χ0) is 28.6. The van der Waals surface area contributed by atoms with Crippen LogP contribution in [-0.2, 0) is 19.1 Å². The summed E-state index contributed by atoms with van der Waals surface area (Å²) in [5, 5.41) is 17.1. The number of carbonyl (C=O) groups is 2. The highest BCUT2D eigenvalue weighted by molar-refractivity contribution is 7.16. The minimum atomic E-state index is -1.06. The van der Waals surface area contributed by atoms with E-state index in [-0.39, 0.29) is 24.8 Å². The van der Waals surface area contributed by atoms with Gasteiger partial charge in [0.2, 0.25) is 5.82 Å². The molecule has 0 amide bonds. The largest absolute Gasteiger partial charge is 0.457 e. The third kappa shape index (κ3) is 4.89. The molecule has 212 valence electrons. The molecule has 3 heterocycles. The Hall–Kier alpha value is -3.32. The van der Waals surface area contributed by atoms with Crippen molar-refractivity contribution in [2.45, 2.75) is 37.8 Å². The summed E-state index contributed by atoms with van der Waals surface area (Å²) in [6.45, 7) is 1.75. The first-order chi connectivity index (χ1) is 19.3. The lowest BCUT2D eigenvalue weighted by molar-refractivity contribution is -0.175. The van der Waals surface area contributed by atoms with Crippen LogP contribution in [0.4, 0.5) is 5.82 Å². The Bertz CT molecular complexity index is 1500. The van der Waals surface area contributed by atoms with Gasteiger partial charge in [-0.1, -0.05) is 11.6 Å². The van der Waals surface area contributed by atoms with Crippen LogP contribution in [0.1, 0.15) is 30.1 Å². The van der Waals surface area contributed by atoms with E-state index in [4.69, 9.17) is 37.5 Å². The highest BCUT2D eigenvalue weighted by atomic mass is 35.5. The normalized spacial score (nSPS) is 25.6. The van der Waals surface area contributed by atoms with Crippen LogP contribution in [0.3, 0.4) is 0 Å².